The molecule has 0 spiro atoms. The van der Waals surface area contributed by atoms with Crippen molar-refractivity contribution in [2.24, 2.45) is 0 Å². The second kappa shape index (κ2) is 3.19. The normalized spacial score (nSPS) is 11.2. The summed E-state index contributed by atoms with van der Waals surface area (Å²) in [5, 5.41) is 0. The van der Waals surface area contributed by atoms with Gasteiger partial charge < -0.3 is 10.2 Å². The topological polar surface area (TPSA) is 33.0 Å². The lowest BCUT2D eigenvalue weighted by molar-refractivity contribution is 0.558. The van der Waals surface area contributed by atoms with Crippen molar-refractivity contribution in [3.63, 3.8) is 0 Å². The summed E-state index contributed by atoms with van der Waals surface area (Å²) in [4.78, 5) is 0. The monoisotopic (exact) mass is 180 g/mol. The molecule has 0 fully saturated rings. The smallest absolute Gasteiger partial charge is 0.242 e. The molecule has 0 amide bonds. The van der Waals surface area contributed by atoms with Crippen LogP contribution in [0.2, 0.25) is 19.6 Å². The Kier molecular flexibility index (Phi) is 2.42. The Morgan fingerprint density at radius 2 is 1.92 bits per heavy atom. The minimum Gasteiger partial charge on any atom is -0.544 e. The van der Waals surface area contributed by atoms with Gasteiger partial charge in [-0.2, -0.15) is 0 Å². The molecule has 0 aliphatic carbocycles. The molecule has 0 aliphatic heterocycles. The van der Waals surface area contributed by atoms with E-state index in [-0.39, 0.29) is 0 Å². The number of rotatable bonds is 2. The Morgan fingerprint density at radius 3 is 2.42 bits per heavy atom. The van der Waals surface area contributed by atoms with Crippen LogP contribution in [0.25, 0.3) is 0 Å². The molecule has 1 aromatic carbocycles. The van der Waals surface area contributed by atoms with Crippen LogP contribution in [0.5, 0.6) is 5.75 Å². The molecular weight excluding hydrogens is 166 g/mol. The van der Waals surface area contributed by atoms with E-state index in [2.05, 4.69) is 19.6 Å². The number of nitrogens with one attached hydrogen (secondary N) is 1. The van der Waals surface area contributed by atoms with E-state index in [4.69, 9.17) is 10.2 Å². The maximum atomic E-state index is 7.38. The fourth-order valence-electron chi connectivity index (χ4n) is 0.913. The highest BCUT2D eigenvalue weighted by Gasteiger charge is 2.15. The van der Waals surface area contributed by atoms with E-state index in [9.17, 15) is 0 Å². The molecule has 3 heteroatoms. The third kappa shape index (κ3) is 2.96. The van der Waals surface area contributed by atoms with Crippen molar-refractivity contribution in [3.8, 4) is 5.75 Å². The van der Waals surface area contributed by atoms with Crippen molar-refractivity contribution in [3.05, 3.63) is 24.3 Å². The van der Waals surface area contributed by atoms with Gasteiger partial charge in [0, 0.05) is 6.07 Å². The van der Waals surface area contributed by atoms with Crippen molar-refractivity contribution in [1.29, 1.82) is 0 Å². The Bertz CT molecular complexity index is 267. The van der Waals surface area contributed by atoms with Gasteiger partial charge >= 0.3 is 0 Å². The Labute approximate surface area is 74.5 Å². The zero-order valence-corrected chi connectivity index (χ0v) is 8.72. The minimum absolute atomic E-state index is 0.505. The second-order valence-corrected chi connectivity index (χ2v) is 8.17. The maximum Gasteiger partial charge on any atom is 0.242 e. The first-order valence-electron chi connectivity index (χ1n) is 3.98. The van der Waals surface area contributed by atoms with Crippen LogP contribution in [-0.2, 0) is 0 Å². The summed E-state index contributed by atoms with van der Waals surface area (Å²) in [5.74, 6) is 0.821. The van der Waals surface area contributed by atoms with Gasteiger partial charge in [-0.3, -0.25) is 0 Å². The largest absolute Gasteiger partial charge is 0.544 e. The molecular formula is C9H14NOSi. The van der Waals surface area contributed by atoms with Gasteiger partial charge in [-0.1, -0.05) is 6.07 Å². The van der Waals surface area contributed by atoms with E-state index in [0.29, 0.717) is 5.69 Å². The molecule has 2 nitrogen and oxygen atoms in total. The van der Waals surface area contributed by atoms with Gasteiger partial charge in [0.1, 0.15) is 5.75 Å². The highest BCUT2D eigenvalue weighted by Crippen LogP contribution is 2.19. The first-order valence-corrected chi connectivity index (χ1v) is 7.39. The van der Waals surface area contributed by atoms with Gasteiger partial charge in [-0.25, -0.2) is 0 Å². The summed E-state index contributed by atoms with van der Waals surface area (Å²) in [6.45, 7) is 6.39. The van der Waals surface area contributed by atoms with E-state index in [1.54, 1.807) is 12.1 Å². The summed E-state index contributed by atoms with van der Waals surface area (Å²) in [7, 11) is -1.50. The summed E-state index contributed by atoms with van der Waals surface area (Å²) in [6, 6.07) is 7.24. The third-order valence-electron chi connectivity index (χ3n) is 1.26. The fraction of sp³-hybridized carbons (Fsp3) is 0.333. The predicted octanol–water partition coefficient (Wildman–Crippen LogP) is 2.81. The molecule has 0 saturated heterocycles. The molecule has 0 unspecified atom stereocenters. The summed E-state index contributed by atoms with van der Waals surface area (Å²) < 4.78 is 5.70. The lowest BCUT2D eigenvalue weighted by Gasteiger charge is -2.18. The minimum atomic E-state index is -1.50. The van der Waals surface area contributed by atoms with E-state index in [1.807, 2.05) is 12.1 Å². The van der Waals surface area contributed by atoms with Crippen LogP contribution >= 0.6 is 0 Å². The van der Waals surface area contributed by atoms with Gasteiger partial charge in [0.2, 0.25) is 8.32 Å². The number of hydrogen-bond donors (Lipinski definition) is 0. The number of hydrogen-bond acceptors (Lipinski definition) is 1. The molecule has 1 N–H and O–H groups in total. The van der Waals surface area contributed by atoms with E-state index in [1.165, 1.54) is 0 Å². The van der Waals surface area contributed by atoms with Crippen molar-refractivity contribution in [2.75, 3.05) is 0 Å². The molecule has 0 heterocycles. The van der Waals surface area contributed by atoms with Crippen molar-refractivity contribution >= 4 is 14.0 Å². The molecule has 1 radical (unpaired) electrons. The predicted molar refractivity (Wildman–Crippen MR) is 53.2 cm³/mol. The van der Waals surface area contributed by atoms with Crippen LogP contribution in [0, 0.1) is 0 Å². The van der Waals surface area contributed by atoms with Crippen molar-refractivity contribution < 1.29 is 4.43 Å². The second-order valence-electron chi connectivity index (χ2n) is 3.74. The van der Waals surface area contributed by atoms with Crippen LogP contribution in [0.4, 0.5) is 5.69 Å². The van der Waals surface area contributed by atoms with E-state index < -0.39 is 8.32 Å². The van der Waals surface area contributed by atoms with Crippen LogP contribution in [0.1, 0.15) is 0 Å². The SMILES string of the molecule is C[Si](C)(C)Oc1cccc([NH])c1. The Morgan fingerprint density at radius 1 is 1.25 bits per heavy atom. The zero-order valence-electron chi connectivity index (χ0n) is 7.72. The Balaban J connectivity index is 2.77. The average Bonchev–Trinajstić information content (AvgIpc) is 1.82. The zero-order chi connectivity index (χ0) is 9.19. The molecule has 0 bridgehead atoms. The molecule has 0 saturated carbocycles. The highest BCUT2D eigenvalue weighted by atomic mass is 28.4. The first kappa shape index (κ1) is 9.13. The molecule has 65 valence electrons. The van der Waals surface area contributed by atoms with Gasteiger partial charge in [-0.05, 0) is 31.8 Å². The first-order chi connectivity index (χ1) is 5.47. The van der Waals surface area contributed by atoms with Gasteiger partial charge in [0.15, 0.2) is 0 Å². The van der Waals surface area contributed by atoms with E-state index >= 15 is 0 Å². The number of benzene rings is 1. The fourth-order valence-corrected chi connectivity index (χ4v) is 1.75. The lowest BCUT2D eigenvalue weighted by Crippen LogP contribution is -2.29. The van der Waals surface area contributed by atoms with Crippen LogP contribution in [0.3, 0.4) is 0 Å². The summed E-state index contributed by atoms with van der Waals surface area (Å²) in [5.41, 5.74) is 7.88. The third-order valence-corrected chi connectivity index (χ3v) is 2.11. The van der Waals surface area contributed by atoms with Crippen molar-refractivity contribution in [1.82, 2.24) is 5.73 Å². The van der Waals surface area contributed by atoms with Crippen LogP contribution in [-0.4, -0.2) is 8.32 Å². The molecule has 1 rings (SSSR count). The lowest BCUT2D eigenvalue weighted by atomic mass is 10.3. The molecule has 1 aromatic rings. The van der Waals surface area contributed by atoms with Crippen LogP contribution in [0.15, 0.2) is 24.3 Å². The maximum absolute atomic E-state index is 7.38. The highest BCUT2D eigenvalue weighted by molar-refractivity contribution is 6.70. The molecule has 12 heavy (non-hydrogen) atoms. The van der Waals surface area contributed by atoms with E-state index in [0.717, 1.165) is 5.75 Å². The van der Waals surface area contributed by atoms with Gasteiger partial charge in [0.05, 0.1) is 5.69 Å². The summed E-state index contributed by atoms with van der Waals surface area (Å²) >= 11 is 0. The molecule has 0 aromatic heterocycles. The molecule has 0 aliphatic rings. The van der Waals surface area contributed by atoms with Gasteiger partial charge in [-0.15, -0.1) is 0 Å². The standard InChI is InChI=1S/C9H14NOSi/c1-12(2,3)11-9-6-4-5-8(10)7-9/h4-7,10H,1-3H3. The van der Waals surface area contributed by atoms with Crippen LogP contribution < -0.4 is 10.2 Å². The average molecular weight is 180 g/mol. The quantitative estimate of drug-likeness (QED) is 0.644. The molecule has 0 atom stereocenters. The summed E-state index contributed by atoms with van der Waals surface area (Å²) in [6.07, 6.45) is 0. The van der Waals surface area contributed by atoms with Crippen molar-refractivity contribution in [2.45, 2.75) is 19.6 Å². The van der Waals surface area contributed by atoms with Gasteiger partial charge in [0.25, 0.3) is 0 Å². The Hall–Kier alpha value is -0.963.